The summed E-state index contributed by atoms with van der Waals surface area (Å²) in [5.74, 6) is -0.632. The molecular weight excluding hydrogens is 402 g/mol. The highest BCUT2D eigenvalue weighted by atomic mass is 79.9. The molecular formula is C16H17BrF2N2O4. The highest BCUT2D eigenvalue weighted by Crippen LogP contribution is 2.28. The molecule has 0 saturated carbocycles. The van der Waals surface area contributed by atoms with Crippen molar-refractivity contribution in [1.29, 1.82) is 0 Å². The SMILES string of the molecule is CC(C)(C)OC(=O)OCCOc1nc(C(F)F)nc2ccc(Br)cc12. The van der Waals surface area contributed by atoms with E-state index in [4.69, 9.17) is 14.2 Å². The van der Waals surface area contributed by atoms with E-state index in [-0.39, 0.29) is 19.1 Å². The number of ether oxygens (including phenoxy) is 3. The third-order valence-corrected chi connectivity index (χ3v) is 3.26. The Morgan fingerprint density at radius 1 is 1.24 bits per heavy atom. The highest BCUT2D eigenvalue weighted by molar-refractivity contribution is 9.10. The number of hydrogen-bond donors (Lipinski definition) is 0. The van der Waals surface area contributed by atoms with Crippen LogP contribution in [-0.4, -0.2) is 34.9 Å². The molecule has 0 fully saturated rings. The van der Waals surface area contributed by atoms with E-state index in [1.807, 2.05) is 0 Å². The lowest BCUT2D eigenvalue weighted by molar-refractivity contribution is -0.0115. The van der Waals surface area contributed by atoms with E-state index >= 15 is 0 Å². The molecule has 9 heteroatoms. The Bertz CT molecular complexity index is 766. The van der Waals surface area contributed by atoms with Gasteiger partial charge in [0.15, 0.2) is 5.82 Å². The van der Waals surface area contributed by atoms with E-state index in [0.717, 1.165) is 4.47 Å². The van der Waals surface area contributed by atoms with Gasteiger partial charge >= 0.3 is 6.16 Å². The van der Waals surface area contributed by atoms with Crippen LogP contribution in [0.1, 0.15) is 33.0 Å². The van der Waals surface area contributed by atoms with Gasteiger partial charge in [-0.3, -0.25) is 0 Å². The van der Waals surface area contributed by atoms with Gasteiger partial charge in [-0.25, -0.2) is 18.6 Å². The van der Waals surface area contributed by atoms with E-state index < -0.39 is 24.0 Å². The van der Waals surface area contributed by atoms with Gasteiger partial charge in [0, 0.05) is 4.47 Å². The van der Waals surface area contributed by atoms with Gasteiger partial charge in [-0.15, -0.1) is 0 Å². The molecule has 1 aromatic carbocycles. The first-order valence-electron chi connectivity index (χ1n) is 7.39. The first-order valence-corrected chi connectivity index (χ1v) is 8.19. The maximum atomic E-state index is 12.9. The molecule has 0 bridgehead atoms. The monoisotopic (exact) mass is 418 g/mol. The number of carbonyl (C=O) groups excluding carboxylic acids is 1. The maximum Gasteiger partial charge on any atom is 0.508 e. The summed E-state index contributed by atoms with van der Waals surface area (Å²) in [6.45, 7) is 4.95. The standard InChI is InChI=1S/C16H17BrF2N2O4/c1-16(2,3)25-15(22)24-7-6-23-14-10-8-9(17)4-5-11(10)20-13(21-14)12(18)19/h4-5,8,12H,6-7H2,1-3H3. The molecule has 0 radical (unpaired) electrons. The minimum absolute atomic E-state index is 0.00520. The summed E-state index contributed by atoms with van der Waals surface area (Å²) in [6, 6.07) is 4.92. The van der Waals surface area contributed by atoms with Crippen LogP contribution >= 0.6 is 15.9 Å². The summed E-state index contributed by atoms with van der Waals surface area (Å²) in [7, 11) is 0. The number of benzene rings is 1. The molecule has 2 aromatic rings. The van der Waals surface area contributed by atoms with Gasteiger partial charge < -0.3 is 14.2 Å². The molecule has 25 heavy (non-hydrogen) atoms. The average Bonchev–Trinajstić information content (AvgIpc) is 2.49. The summed E-state index contributed by atoms with van der Waals surface area (Å²) in [5, 5.41) is 0.469. The quantitative estimate of drug-likeness (QED) is 0.519. The third-order valence-electron chi connectivity index (χ3n) is 2.77. The highest BCUT2D eigenvalue weighted by Gasteiger charge is 2.18. The second-order valence-corrected chi connectivity index (χ2v) is 6.93. The van der Waals surface area contributed by atoms with E-state index in [9.17, 15) is 13.6 Å². The zero-order valence-electron chi connectivity index (χ0n) is 13.9. The fraction of sp³-hybridized carbons (Fsp3) is 0.438. The van der Waals surface area contributed by atoms with Crippen LogP contribution in [0.2, 0.25) is 0 Å². The number of rotatable bonds is 5. The zero-order chi connectivity index (χ0) is 18.6. The number of carbonyl (C=O) groups is 1. The Morgan fingerprint density at radius 3 is 2.60 bits per heavy atom. The number of nitrogens with zero attached hydrogens (tertiary/aromatic N) is 2. The minimum Gasteiger partial charge on any atom is -0.474 e. The van der Waals surface area contributed by atoms with Crippen molar-refractivity contribution in [3.8, 4) is 5.88 Å². The largest absolute Gasteiger partial charge is 0.508 e. The molecule has 0 aliphatic carbocycles. The van der Waals surface area contributed by atoms with Gasteiger partial charge in [0.25, 0.3) is 6.43 Å². The van der Waals surface area contributed by atoms with Crippen molar-refractivity contribution in [3.05, 3.63) is 28.5 Å². The molecule has 6 nitrogen and oxygen atoms in total. The molecule has 0 amide bonds. The molecule has 0 aliphatic heterocycles. The molecule has 0 atom stereocenters. The lowest BCUT2D eigenvalue weighted by Crippen LogP contribution is -2.25. The fourth-order valence-corrected chi connectivity index (χ4v) is 2.20. The van der Waals surface area contributed by atoms with E-state index in [1.165, 1.54) is 0 Å². The summed E-state index contributed by atoms with van der Waals surface area (Å²) >= 11 is 3.30. The van der Waals surface area contributed by atoms with E-state index in [1.54, 1.807) is 39.0 Å². The van der Waals surface area contributed by atoms with Gasteiger partial charge in [0.05, 0.1) is 10.9 Å². The first kappa shape index (κ1) is 19.3. The fourth-order valence-electron chi connectivity index (χ4n) is 1.84. The molecule has 0 saturated heterocycles. The predicted molar refractivity (Wildman–Crippen MR) is 89.9 cm³/mol. The number of halogens is 3. The Kier molecular flexibility index (Phi) is 6.10. The number of alkyl halides is 2. The van der Waals surface area contributed by atoms with Crippen LogP contribution in [0.4, 0.5) is 13.6 Å². The van der Waals surface area contributed by atoms with Crippen molar-refractivity contribution in [2.75, 3.05) is 13.2 Å². The molecule has 0 unspecified atom stereocenters. The van der Waals surface area contributed by atoms with Crippen molar-refractivity contribution in [3.63, 3.8) is 0 Å². The molecule has 0 N–H and O–H groups in total. The molecule has 2 rings (SSSR count). The number of fused-ring (bicyclic) bond motifs is 1. The minimum atomic E-state index is -2.83. The third kappa shape index (κ3) is 5.77. The topological polar surface area (TPSA) is 70.5 Å². The molecule has 1 aromatic heterocycles. The summed E-state index contributed by atoms with van der Waals surface area (Å²) in [6.07, 6.45) is -3.66. The van der Waals surface area contributed by atoms with Crippen LogP contribution in [0.15, 0.2) is 22.7 Å². The first-order chi connectivity index (χ1) is 11.7. The van der Waals surface area contributed by atoms with Gasteiger partial charge in [0.1, 0.15) is 18.8 Å². The van der Waals surface area contributed by atoms with Crippen LogP contribution in [-0.2, 0) is 9.47 Å². The van der Waals surface area contributed by atoms with Crippen LogP contribution in [0.5, 0.6) is 5.88 Å². The van der Waals surface area contributed by atoms with Crippen LogP contribution in [0.25, 0.3) is 10.9 Å². The molecule has 0 spiro atoms. The second-order valence-electron chi connectivity index (χ2n) is 6.01. The van der Waals surface area contributed by atoms with Crippen LogP contribution in [0.3, 0.4) is 0 Å². The Labute approximate surface area is 151 Å². The lowest BCUT2D eigenvalue weighted by atomic mass is 10.2. The summed E-state index contributed by atoms with van der Waals surface area (Å²) < 4.78 is 41.8. The molecule has 1 heterocycles. The van der Waals surface area contributed by atoms with Gasteiger partial charge in [-0.2, -0.15) is 4.98 Å². The maximum absolute atomic E-state index is 12.9. The van der Waals surface area contributed by atoms with Crippen molar-refractivity contribution < 1.29 is 27.8 Å². The molecule has 136 valence electrons. The van der Waals surface area contributed by atoms with Gasteiger partial charge in [-0.05, 0) is 39.0 Å². The number of aromatic nitrogens is 2. The van der Waals surface area contributed by atoms with Crippen molar-refractivity contribution in [2.24, 2.45) is 0 Å². The summed E-state index contributed by atoms with van der Waals surface area (Å²) in [4.78, 5) is 19.0. The zero-order valence-corrected chi connectivity index (χ0v) is 15.5. The van der Waals surface area contributed by atoms with E-state index in [0.29, 0.717) is 10.9 Å². The van der Waals surface area contributed by atoms with Crippen molar-refractivity contribution in [1.82, 2.24) is 9.97 Å². The number of hydrogen-bond acceptors (Lipinski definition) is 6. The van der Waals surface area contributed by atoms with Gasteiger partial charge in [0.2, 0.25) is 5.88 Å². The lowest BCUT2D eigenvalue weighted by Gasteiger charge is -2.18. The van der Waals surface area contributed by atoms with Crippen molar-refractivity contribution >= 4 is 33.0 Å². The summed E-state index contributed by atoms with van der Waals surface area (Å²) in [5.41, 5.74) is -0.337. The second kappa shape index (κ2) is 7.90. The van der Waals surface area contributed by atoms with Crippen molar-refractivity contribution in [2.45, 2.75) is 32.8 Å². The normalized spacial score (nSPS) is 11.6. The Balaban J connectivity index is 2.07. The van der Waals surface area contributed by atoms with Crippen LogP contribution in [0, 0.1) is 0 Å². The average molecular weight is 419 g/mol. The van der Waals surface area contributed by atoms with Gasteiger partial charge in [-0.1, -0.05) is 15.9 Å². The molecule has 0 aliphatic rings. The van der Waals surface area contributed by atoms with Crippen LogP contribution < -0.4 is 4.74 Å². The smallest absolute Gasteiger partial charge is 0.474 e. The Morgan fingerprint density at radius 2 is 1.96 bits per heavy atom. The van der Waals surface area contributed by atoms with E-state index in [2.05, 4.69) is 25.9 Å². The predicted octanol–water partition coefficient (Wildman–Crippen LogP) is 4.66. The Hall–Kier alpha value is -2.03.